The number of aliphatic hydroxyl groups is 1. The summed E-state index contributed by atoms with van der Waals surface area (Å²) in [6, 6.07) is 1.89. The molecule has 1 nitrogen and oxygen atoms in total. The molecular weight excluding hydrogens is 217 g/mol. The lowest BCUT2D eigenvalue weighted by molar-refractivity contribution is 0.248. The topological polar surface area (TPSA) is 20.2 Å². The summed E-state index contributed by atoms with van der Waals surface area (Å²) in [5.41, 5.74) is 0.299. The first kappa shape index (κ1) is 13.0. The molecule has 0 radical (unpaired) electrons. The molecule has 0 aliphatic heterocycles. The number of benzene rings is 1. The number of hydrogen-bond donors (Lipinski definition) is 1. The lowest BCUT2D eigenvalue weighted by Gasteiger charge is -2.17. The van der Waals surface area contributed by atoms with Crippen molar-refractivity contribution in [2.75, 3.05) is 6.61 Å². The van der Waals surface area contributed by atoms with Crippen LogP contribution >= 0.6 is 0 Å². The molecule has 1 atom stereocenters. The Labute approximate surface area is 92.9 Å². The molecule has 1 N–H and O–H groups in total. The van der Waals surface area contributed by atoms with Gasteiger partial charge in [0.1, 0.15) is 0 Å². The third-order valence-electron chi connectivity index (χ3n) is 2.45. The van der Waals surface area contributed by atoms with Crippen LogP contribution in [-0.2, 0) is 0 Å². The summed E-state index contributed by atoms with van der Waals surface area (Å²) < 4.78 is 38.7. The maximum Gasteiger partial charge on any atom is 0.194 e. The standard InChI is InChI=1S/C12H15F3O/c1-7(2)3-9(6-16)8-4-10(13)12(15)11(14)5-8/h4-5,7,9,16H,3,6H2,1-2H3. The number of hydrogen-bond acceptors (Lipinski definition) is 1. The predicted octanol–water partition coefficient (Wildman–Crippen LogP) is 3.23. The van der Waals surface area contributed by atoms with Crippen molar-refractivity contribution in [1.29, 1.82) is 0 Å². The van der Waals surface area contributed by atoms with Crippen LogP contribution in [0.25, 0.3) is 0 Å². The highest BCUT2D eigenvalue weighted by Crippen LogP contribution is 2.26. The molecule has 4 heteroatoms. The Morgan fingerprint density at radius 2 is 1.62 bits per heavy atom. The van der Waals surface area contributed by atoms with Crippen molar-refractivity contribution in [3.63, 3.8) is 0 Å². The third-order valence-corrected chi connectivity index (χ3v) is 2.45. The first-order valence-corrected chi connectivity index (χ1v) is 5.21. The largest absolute Gasteiger partial charge is 0.396 e. The highest BCUT2D eigenvalue weighted by molar-refractivity contribution is 5.23. The van der Waals surface area contributed by atoms with Crippen LogP contribution in [0.3, 0.4) is 0 Å². The first-order valence-electron chi connectivity index (χ1n) is 5.21. The molecule has 90 valence electrons. The Morgan fingerprint density at radius 1 is 1.12 bits per heavy atom. The van der Waals surface area contributed by atoms with Gasteiger partial charge < -0.3 is 5.11 Å². The van der Waals surface area contributed by atoms with Crippen LogP contribution in [0, 0.1) is 23.4 Å². The number of rotatable bonds is 4. The molecule has 0 amide bonds. The molecule has 0 aliphatic rings. The quantitative estimate of drug-likeness (QED) is 0.790. The summed E-state index contributed by atoms with van der Waals surface area (Å²) in [6.07, 6.45) is 0.598. The van der Waals surface area contributed by atoms with Gasteiger partial charge in [-0.15, -0.1) is 0 Å². The fourth-order valence-electron chi connectivity index (χ4n) is 1.70. The van der Waals surface area contributed by atoms with Gasteiger partial charge in [0.15, 0.2) is 17.5 Å². The fourth-order valence-corrected chi connectivity index (χ4v) is 1.70. The van der Waals surface area contributed by atoms with E-state index in [0.29, 0.717) is 12.0 Å². The summed E-state index contributed by atoms with van der Waals surface area (Å²) in [7, 11) is 0. The lowest BCUT2D eigenvalue weighted by Crippen LogP contribution is -2.09. The Kier molecular flexibility index (Phi) is 4.35. The molecular formula is C12H15F3O. The highest BCUT2D eigenvalue weighted by atomic mass is 19.2. The number of halogens is 3. The second kappa shape index (κ2) is 5.34. The minimum atomic E-state index is -1.47. The van der Waals surface area contributed by atoms with Crippen LogP contribution in [-0.4, -0.2) is 11.7 Å². The van der Waals surface area contributed by atoms with E-state index in [-0.39, 0.29) is 18.4 Å². The molecule has 1 aromatic carbocycles. The summed E-state index contributed by atoms with van der Waals surface area (Å²) >= 11 is 0. The van der Waals surface area contributed by atoms with Crippen molar-refractivity contribution < 1.29 is 18.3 Å². The summed E-state index contributed by atoms with van der Waals surface area (Å²) in [5.74, 6) is -3.96. The lowest BCUT2D eigenvalue weighted by atomic mass is 9.91. The molecule has 1 aromatic rings. The van der Waals surface area contributed by atoms with E-state index < -0.39 is 17.5 Å². The van der Waals surface area contributed by atoms with Gasteiger partial charge in [0, 0.05) is 12.5 Å². The van der Waals surface area contributed by atoms with Gasteiger partial charge in [0.2, 0.25) is 0 Å². The van der Waals surface area contributed by atoms with Crippen LogP contribution in [0.2, 0.25) is 0 Å². The van der Waals surface area contributed by atoms with E-state index in [1.54, 1.807) is 0 Å². The van der Waals surface area contributed by atoms with Crippen molar-refractivity contribution in [3.8, 4) is 0 Å². The van der Waals surface area contributed by atoms with Crippen LogP contribution in [0.1, 0.15) is 31.7 Å². The SMILES string of the molecule is CC(C)CC(CO)c1cc(F)c(F)c(F)c1. The van der Waals surface area contributed by atoms with E-state index in [9.17, 15) is 13.2 Å². The van der Waals surface area contributed by atoms with Crippen molar-refractivity contribution in [3.05, 3.63) is 35.1 Å². The molecule has 16 heavy (non-hydrogen) atoms. The van der Waals surface area contributed by atoms with Gasteiger partial charge in [-0.05, 0) is 30.0 Å². The zero-order valence-electron chi connectivity index (χ0n) is 9.30. The smallest absolute Gasteiger partial charge is 0.194 e. The maximum atomic E-state index is 13.0. The average molecular weight is 232 g/mol. The minimum absolute atomic E-state index is 0.206. The average Bonchev–Trinajstić information content (AvgIpc) is 2.21. The zero-order chi connectivity index (χ0) is 12.3. The molecule has 1 rings (SSSR count). The van der Waals surface area contributed by atoms with Gasteiger partial charge in [-0.25, -0.2) is 13.2 Å². The monoisotopic (exact) mass is 232 g/mol. The third kappa shape index (κ3) is 2.98. The second-order valence-electron chi connectivity index (χ2n) is 4.31. The Morgan fingerprint density at radius 3 is 2.00 bits per heavy atom. The molecule has 0 spiro atoms. The zero-order valence-corrected chi connectivity index (χ0v) is 9.30. The van der Waals surface area contributed by atoms with Crippen molar-refractivity contribution in [1.82, 2.24) is 0 Å². The van der Waals surface area contributed by atoms with Crippen LogP contribution < -0.4 is 0 Å². The van der Waals surface area contributed by atoms with E-state index in [1.165, 1.54) is 0 Å². The summed E-state index contributed by atoms with van der Waals surface area (Å²) in [5, 5.41) is 9.14. The fraction of sp³-hybridized carbons (Fsp3) is 0.500. The van der Waals surface area contributed by atoms with Crippen LogP contribution in [0.4, 0.5) is 13.2 Å². The molecule has 0 aliphatic carbocycles. The van der Waals surface area contributed by atoms with Gasteiger partial charge in [-0.1, -0.05) is 13.8 Å². The van der Waals surface area contributed by atoms with Gasteiger partial charge in [0.05, 0.1) is 0 Å². The van der Waals surface area contributed by atoms with E-state index >= 15 is 0 Å². The van der Waals surface area contributed by atoms with E-state index in [1.807, 2.05) is 13.8 Å². The van der Waals surface area contributed by atoms with Gasteiger partial charge in [-0.3, -0.25) is 0 Å². The van der Waals surface area contributed by atoms with Crippen LogP contribution in [0.15, 0.2) is 12.1 Å². The summed E-state index contributed by atoms with van der Waals surface area (Å²) in [6.45, 7) is 3.68. The number of aliphatic hydroxyl groups excluding tert-OH is 1. The minimum Gasteiger partial charge on any atom is -0.396 e. The van der Waals surface area contributed by atoms with Gasteiger partial charge in [0.25, 0.3) is 0 Å². The molecule has 0 bridgehead atoms. The Hall–Kier alpha value is -1.03. The molecule has 0 heterocycles. The molecule has 1 unspecified atom stereocenters. The summed E-state index contributed by atoms with van der Waals surface area (Å²) in [4.78, 5) is 0. The van der Waals surface area contributed by atoms with Crippen molar-refractivity contribution in [2.45, 2.75) is 26.2 Å². The Balaban J connectivity index is 3.01. The van der Waals surface area contributed by atoms with Crippen molar-refractivity contribution in [2.24, 2.45) is 5.92 Å². The van der Waals surface area contributed by atoms with E-state index in [0.717, 1.165) is 12.1 Å². The van der Waals surface area contributed by atoms with Crippen molar-refractivity contribution >= 4 is 0 Å². The van der Waals surface area contributed by atoms with Crippen LogP contribution in [0.5, 0.6) is 0 Å². The van der Waals surface area contributed by atoms with Gasteiger partial charge >= 0.3 is 0 Å². The molecule has 0 saturated carbocycles. The van der Waals surface area contributed by atoms with E-state index in [2.05, 4.69) is 0 Å². The maximum absolute atomic E-state index is 13.0. The predicted molar refractivity (Wildman–Crippen MR) is 55.6 cm³/mol. The molecule has 0 aromatic heterocycles. The molecule has 0 saturated heterocycles. The first-order chi connectivity index (χ1) is 7.45. The Bertz CT molecular complexity index is 340. The highest BCUT2D eigenvalue weighted by Gasteiger charge is 2.17. The van der Waals surface area contributed by atoms with E-state index in [4.69, 9.17) is 5.11 Å². The normalized spacial score (nSPS) is 13.2. The second-order valence-corrected chi connectivity index (χ2v) is 4.31. The molecule has 0 fully saturated rings. The van der Waals surface area contributed by atoms with Gasteiger partial charge in [-0.2, -0.15) is 0 Å².